The van der Waals surface area contributed by atoms with Gasteiger partial charge in [0.15, 0.2) is 0 Å². The highest BCUT2D eigenvalue weighted by Crippen LogP contribution is 2.25. The Morgan fingerprint density at radius 3 is 2.51 bits per heavy atom. The molecule has 1 saturated heterocycles. The Hall–Kier alpha value is -3.87. The molecule has 10 nitrogen and oxygen atoms in total. The number of aryl methyl sites for hydroxylation is 1. The van der Waals surface area contributed by atoms with E-state index in [-0.39, 0.29) is 16.8 Å². The molecule has 1 fully saturated rings. The number of rotatable bonds is 9. The SMILES string of the molecule is Cc1cc(Nc2ccnc(Nc3ccc(S(=O)(=O)N(C)C4CCN(Cc5cn[nH]c5)CC4)cc3)n2)ccc1F. The maximum atomic E-state index is 13.5. The minimum Gasteiger partial charge on any atom is -0.340 e. The van der Waals surface area contributed by atoms with Gasteiger partial charge < -0.3 is 10.6 Å². The molecule has 0 bridgehead atoms. The molecule has 2 aromatic carbocycles. The Morgan fingerprint density at radius 1 is 1.08 bits per heavy atom. The second kappa shape index (κ2) is 11.5. The van der Waals surface area contributed by atoms with Gasteiger partial charge in [0.25, 0.3) is 0 Å². The van der Waals surface area contributed by atoms with Crippen LogP contribution < -0.4 is 10.6 Å². The van der Waals surface area contributed by atoms with Crippen LogP contribution in [0.1, 0.15) is 24.0 Å². The molecule has 0 radical (unpaired) electrons. The van der Waals surface area contributed by atoms with Gasteiger partial charge in [-0.25, -0.2) is 17.8 Å². The van der Waals surface area contributed by atoms with Crippen molar-refractivity contribution in [2.75, 3.05) is 30.8 Å². The number of piperidine rings is 1. The fourth-order valence-electron chi connectivity index (χ4n) is 4.62. The van der Waals surface area contributed by atoms with Crippen LogP contribution in [0.5, 0.6) is 0 Å². The first-order valence-electron chi connectivity index (χ1n) is 12.7. The second-order valence-corrected chi connectivity index (χ2v) is 11.6. The molecule has 5 rings (SSSR count). The minimum absolute atomic E-state index is 0.0538. The van der Waals surface area contributed by atoms with Crippen molar-refractivity contribution in [1.29, 1.82) is 0 Å². The number of aromatic nitrogens is 4. The van der Waals surface area contributed by atoms with Crippen molar-refractivity contribution in [1.82, 2.24) is 29.4 Å². The van der Waals surface area contributed by atoms with E-state index in [1.165, 1.54) is 10.4 Å². The molecule has 39 heavy (non-hydrogen) atoms. The van der Waals surface area contributed by atoms with Gasteiger partial charge in [0.05, 0.1) is 11.1 Å². The summed E-state index contributed by atoms with van der Waals surface area (Å²) in [7, 11) is -1.98. The number of sulfonamides is 1. The molecule has 4 aromatic rings. The fourth-order valence-corrected chi connectivity index (χ4v) is 6.04. The van der Waals surface area contributed by atoms with E-state index in [0.717, 1.165) is 38.0 Å². The number of aromatic amines is 1. The van der Waals surface area contributed by atoms with Crippen LogP contribution in [0.2, 0.25) is 0 Å². The molecule has 1 aliphatic heterocycles. The first-order valence-corrected chi connectivity index (χ1v) is 14.1. The first-order chi connectivity index (χ1) is 18.8. The molecule has 12 heteroatoms. The Labute approximate surface area is 227 Å². The van der Waals surface area contributed by atoms with Gasteiger partial charge in [0.1, 0.15) is 11.6 Å². The number of likely N-dealkylation sites (tertiary alicyclic amines) is 1. The topological polar surface area (TPSA) is 119 Å². The van der Waals surface area contributed by atoms with E-state index in [1.807, 2.05) is 12.4 Å². The lowest BCUT2D eigenvalue weighted by Crippen LogP contribution is -2.45. The molecule has 0 atom stereocenters. The highest BCUT2D eigenvalue weighted by atomic mass is 32.2. The van der Waals surface area contributed by atoms with E-state index in [9.17, 15) is 12.8 Å². The van der Waals surface area contributed by atoms with Crippen molar-refractivity contribution in [3.8, 4) is 0 Å². The maximum absolute atomic E-state index is 13.5. The van der Waals surface area contributed by atoms with Gasteiger partial charge in [-0.2, -0.15) is 14.4 Å². The van der Waals surface area contributed by atoms with Crippen molar-refractivity contribution in [2.45, 2.75) is 37.2 Å². The van der Waals surface area contributed by atoms with E-state index < -0.39 is 10.0 Å². The molecule has 2 aromatic heterocycles. The predicted octanol–water partition coefficient (Wildman–Crippen LogP) is 4.42. The summed E-state index contributed by atoms with van der Waals surface area (Å²) in [5.74, 6) is 0.609. The van der Waals surface area contributed by atoms with Gasteiger partial charge in [0, 0.05) is 62.1 Å². The molecule has 0 spiro atoms. The van der Waals surface area contributed by atoms with Crippen LogP contribution in [0.3, 0.4) is 0 Å². The van der Waals surface area contributed by atoms with Crippen molar-refractivity contribution >= 4 is 33.2 Å². The standard InChI is InChI=1S/C27H31FN8O2S/c1-19-15-22(5-8-25(19)28)32-26-9-12-29-27(34-26)33-21-3-6-24(7-4-21)39(37,38)35(2)23-10-13-36(14-11-23)18-20-16-30-31-17-20/h3-9,12,15-17,23H,10-11,13-14,18H2,1-2H3,(H,30,31)(H2,29,32,33,34). The number of H-pyrrole nitrogens is 1. The van der Waals surface area contributed by atoms with Gasteiger partial charge in [-0.3, -0.25) is 10.00 Å². The third kappa shape index (κ3) is 6.41. The van der Waals surface area contributed by atoms with Crippen LogP contribution in [-0.2, 0) is 16.6 Å². The Kier molecular flexibility index (Phi) is 7.87. The zero-order valence-corrected chi connectivity index (χ0v) is 22.6. The Balaban J connectivity index is 1.19. The fraction of sp³-hybridized carbons (Fsp3) is 0.296. The molecule has 1 aliphatic rings. The lowest BCUT2D eigenvalue weighted by molar-refractivity contribution is 0.164. The van der Waals surface area contributed by atoms with Gasteiger partial charge in [-0.1, -0.05) is 0 Å². The van der Waals surface area contributed by atoms with Gasteiger partial charge in [0.2, 0.25) is 16.0 Å². The number of benzene rings is 2. The predicted molar refractivity (Wildman–Crippen MR) is 148 cm³/mol. The third-order valence-electron chi connectivity index (χ3n) is 6.91. The van der Waals surface area contributed by atoms with Crippen molar-refractivity contribution in [3.63, 3.8) is 0 Å². The van der Waals surface area contributed by atoms with Crippen LogP contribution in [0.4, 0.5) is 27.5 Å². The number of anilines is 4. The number of hydrogen-bond acceptors (Lipinski definition) is 8. The summed E-state index contributed by atoms with van der Waals surface area (Å²) in [5.41, 5.74) is 3.02. The van der Waals surface area contributed by atoms with Crippen LogP contribution >= 0.6 is 0 Å². The number of hydrogen-bond donors (Lipinski definition) is 3. The summed E-state index contributed by atoms with van der Waals surface area (Å²) in [6.45, 7) is 4.16. The summed E-state index contributed by atoms with van der Waals surface area (Å²) in [4.78, 5) is 11.2. The first kappa shape index (κ1) is 26.7. The van der Waals surface area contributed by atoms with E-state index in [1.54, 1.807) is 62.6 Å². The van der Waals surface area contributed by atoms with Crippen molar-refractivity contribution in [2.24, 2.45) is 0 Å². The quantitative estimate of drug-likeness (QED) is 0.280. The van der Waals surface area contributed by atoms with Crippen LogP contribution in [0.15, 0.2) is 72.0 Å². The van der Waals surface area contributed by atoms with Gasteiger partial charge >= 0.3 is 0 Å². The van der Waals surface area contributed by atoms with Gasteiger partial charge in [-0.15, -0.1) is 0 Å². The average Bonchev–Trinajstić information content (AvgIpc) is 3.44. The van der Waals surface area contributed by atoms with Gasteiger partial charge in [-0.05, 0) is 73.9 Å². The zero-order chi connectivity index (χ0) is 27.4. The zero-order valence-electron chi connectivity index (χ0n) is 21.8. The monoisotopic (exact) mass is 550 g/mol. The summed E-state index contributed by atoms with van der Waals surface area (Å²) in [5, 5.41) is 13.0. The molecule has 204 valence electrons. The summed E-state index contributed by atoms with van der Waals surface area (Å²) in [6, 6.07) is 13.0. The summed E-state index contributed by atoms with van der Waals surface area (Å²) in [6.07, 6.45) is 6.84. The van der Waals surface area contributed by atoms with Crippen LogP contribution in [-0.4, -0.2) is 64.0 Å². The number of nitrogens with zero attached hydrogens (tertiary/aromatic N) is 5. The smallest absolute Gasteiger partial charge is 0.243 e. The van der Waals surface area contributed by atoms with Crippen LogP contribution in [0.25, 0.3) is 0 Å². The summed E-state index contributed by atoms with van der Waals surface area (Å²) >= 11 is 0. The van der Waals surface area contributed by atoms with Crippen molar-refractivity contribution < 1.29 is 12.8 Å². The average molecular weight is 551 g/mol. The lowest BCUT2D eigenvalue weighted by Gasteiger charge is -2.36. The molecule has 3 heterocycles. The molecule has 0 amide bonds. The molecule has 0 aliphatic carbocycles. The number of nitrogens with one attached hydrogen (secondary N) is 3. The normalized spacial score (nSPS) is 15.0. The lowest BCUT2D eigenvalue weighted by atomic mass is 10.1. The van der Waals surface area contributed by atoms with Crippen molar-refractivity contribution in [3.05, 3.63) is 84.1 Å². The molecule has 3 N–H and O–H groups in total. The van der Waals surface area contributed by atoms with E-state index in [0.29, 0.717) is 28.7 Å². The Morgan fingerprint density at radius 2 is 1.82 bits per heavy atom. The highest BCUT2D eigenvalue weighted by Gasteiger charge is 2.31. The van der Waals surface area contributed by atoms with Crippen LogP contribution in [0, 0.1) is 12.7 Å². The summed E-state index contributed by atoms with van der Waals surface area (Å²) < 4.78 is 41.7. The molecular formula is C27H31FN8O2S. The Bertz CT molecular complexity index is 1510. The minimum atomic E-state index is -3.64. The molecular weight excluding hydrogens is 519 g/mol. The maximum Gasteiger partial charge on any atom is 0.243 e. The van der Waals surface area contributed by atoms with E-state index >= 15 is 0 Å². The molecule has 0 saturated carbocycles. The highest BCUT2D eigenvalue weighted by molar-refractivity contribution is 7.89. The largest absolute Gasteiger partial charge is 0.340 e. The van der Waals surface area contributed by atoms with E-state index in [4.69, 9.17) is 0 Å². The molecule has 0 unspecified atom stereocenters. The number of halogens is 1. The van der Waals surface area contributed by atoms with E-state index in [2.05, 4.69) is 35.7 Å². The third-order valence-corrected chi connectivity index (χ3v) is 8.83. The second-order valence-electron chi connectivity index (χ2n) is 9.64.